The highest BCUT2D eigenvalue weighted by Gasteiger charge is 2.22. The number of benzene rings is 8. The normalized spacial score (nSPS) is 12.2. The van der Waals surface area contributed by atoms with Crippen LogP contribution >= 0.6 is 0 Å². The van der Waals surface area contributed by atoms with Crippen molar-refractivity contribution < 1.29 is 0 Å². The smallest absolute Gasteiger partial charge is 0.0788 e. The van der Waals surface area contributed by atoms with Crippen molar-refractivity contribution in [1.82, 2.24) is 18.7 Å². The Bertz CT molecular complexity index is 3550. The molecule has 0 aliphatic carbocycles. The number of aromatic nitrogens is 4. The first-order valence-electron chi connectivity index (χ1n) is 18.9. The first-order chi connectivity index (χ1) is 27.1. The average Bonchev–Trinajstić information content (AvgIpc) is 3.97. The number of hydrogen-bond donors (Lipinski definition) is 1. The highest BCUT2D eigenvalue weighted by atomic mass is 15.0. The predicted octanol–water partition coefficient (Wildman–Crippen LogP) is 13.8. The summed E-state index contributed by atoms with van der Waals surface area (Å²) in [4.78, 5) is 3.85. The molecule has 4 aromatic heterocycles. The van der Waals surface area contributed by atoms with Crippen LogP contribution in [-0.4, -0.2) is 18.7 Å². The lowest BCUT2D eigenvalue weighted by Crippen LogP contribution is -1.97. The number of H-pyrrole nitrogens is 1. The molecule has 0 saturated heterocycles. The summed E-state index contributed by atoms with van der Waals surface area (Å²) in [5.74, 6) is 0. The van der Waals surface area contributed by atoms with E-state index in [0.717, 1.165) is 33.6 Å². The van der Waals surface area contributed by atoms with Gasteiger partial charge in [-0.15, -0.1) is 0 Å². The average molecular weight is 703 g/mol. The van der Waals surface area contributed by atoms with Gasteiger partial charge in [-0.05, 0) is 72.6 Å². The van der Waals surface area contributed by atoms with Crippen molar-refractivity contribution in [1.29, 1.82) is 0 Å². The predicted molar refractivity (Wildman–Crippen MR) is 234 cm³/mol. The van der Waals surface area contributed by atoms with Crippen LogP contribution in [-0.2, 0) is 0 Å². The molecule has 8 aromatic carbocycles. The number of allylic oxidation sites excluding steroid dienone is 1. The maximum Gasteiger partial charge on any atom is 0.0788 e. The third kappa shape index (κ3) is 4.11. The van der Waals surface area contributed by atoms with Gasteiger partial charge in [0, 0.05) is 65.7 Å². The van der Waals surface area contributed by atoms with Gasteiger partial charge in [0.15, 0.2) is 0 Å². The van der Waals surface area contributed by atoms with Crippen molar-refractivity contribution >= 4 is 92.9 Å². The maximum absolute atomic E-state index is 4.55. The summed E-state index contributed by atoms with van der Waals surface area (Å²) in [5.41, 5.74) is 15.1. The number of aromatic amines is 1. The lowest BCUT2D eigenvalue weighted by molar-refractivity contribution is 1.16. The number of rotatable bonds is 4. The summed E-state index contributed by atoms with van der Waals surface area (Å²) < 4.78 is 7.20. The summed E-state index contributed by atoms with van der Waals surface area (Å²) in [6, 6.07) is 61.8. The van der Waals surface area contributed by atoms with E-state index in [1.165, 1.54) is 81.8 Å². The van der Waals surface area contributed by atoms with Gasteiger partial charge in [-0.3, -0.25) is 0 Å². The van der Waals surface area contributed by atoms with E-state index >= 15 is 0 Å². The molecule has 0 atom stereocenters. The minimum Gasteiger partial charge on any atom is -0.353 e. The molecule has 0 unspecified atom stereocenters. The largest absolute Gasteiger partial charge is 0.353 e. The van der Waals surface area contributed by atoms with Crippen LogP contribution in [0.1, 0.15) is 6.92 Å². The highest BCUT2D eigenvalue weighted by Crippen LogP contribution is 2.43. The fourth-order valence-electron chi connectivity index (χ4n) is 9.41. The van der Waals surface area contributed by atoms with E-state index < -0.39 is 0 Å². The lowest BCUT2D eigenvalue weighted by Gasteiger charge is -2.12. The van der Waals surface area contributed by atoms with E-state index in [2.05, 4.69) is 202 Å². The van der Waals surface area contributed by atoms with Crippen molar-refractivity contribution in [2.75, 3.05) is 0 Å². The quantitative estimate of drug-likeness (QED) is 0.189. The summed E-state index contributed by atoms with van der Waals surface area (Å²) >= 11 is 0. The summed E-state index contributed by atoms with van der Waals surface area (Å²) in [7, 11) is 0. The fraction of sp³-hybridized carbons (Fsp3) is 0.0196. The molecule has 0 saturated carbocycles. The van der Waals surface area contributed by atoms with Gasteiger partial charge in [0.1, 0.15) is 0 Å². The van der Waals surface area contributed by atoms with Gasteiger partial charge in [-0.2, -0.15) is 0 Å². The zero-order valence-electron chi connectivity index (χ0n) is 30.2. The molecule has 12 rings (SSSR count). The molecule has 4 nitrogen and oxygen atoms in total. The van der Waals surface area contributed by atoms with Crippen LogP contribution in [0.25, 0.3) is 115 Å². The van der Waals surface area contributed by atoms with Gasteiger partial charge >= 0.3 is 0 Å². The van der Waals surface area contributed by atoms with Crippen molar-refractivity contribution in [2.24, 2.45) is 0 Å². The Hall–Kier alpha value is -7.30. The molecule has 12 aromatic rings. The second-order valence-corrected chi connectivity index (χ2v) is 14.8. The van der Waals surface area contributed by atoms with Gasteiger partial charge in [-0.25, -0.2) is 0 Å². The van der Waals surface area contributed by atoms with E-state index in [1.807, 2.05) is 0 Å². The van der Waals surface area contributed by atoms with E-state index in [-0.39, 0.29) is 0 Å². The fourth-order valence-corrected chi connectivity index (χ4v) is 9.41. The molecular formula is C51H34N4. The zero-order valence-corrected chi connectivity index (χ0v) is 30.2. The summed E-state index contributed by atoms with van der Waals surface area (Å²) in [5, 5.41) is 9.87. The van der Waals surface area contributed by atoms with Gasteiger partial charge in [0.05, 0.1) is 38.6 Å². The Morgan fingerprint density at radius 2 is 0.909 bits per heavy atom. The highest BCUT2D eigenvalue weighted by molar-refractivity contribution is 6.25. The number of hydrogen-bond acceptors (Lipinski definition) is 0. The Kier molecular flexibility index (Phi) is 6.10. The molecule has 0 spiro atoms. The number of fused-ring (bicyclic) bond motifs is 14. The molecule has 4 heterocycles. The first kappa shape index (κ1) is 30.2. The first-order valence-corrected chi connectivity index (χ1v) is 18.9. The van der Waals surface area contributed by atoms with Crippen molar-refractivity contribution in [3.05, 3.63) is 176 Å². The molecule has 258 valence electrons. The Morgan fingerprint density at radius 3 is 1.56 bits per heavy atom. The Labute approximate surface area is 316 Å². The molecule has 0 aliphatic heterocycles. The van der Waals surface area contributed by atoms with E-state index in [0.29, 0.717) is 0 Å². The standard InChI is InChI=1S/C51H34N4/c1-31(2)53-47-30-33(21-23-38(47)42-27-26-41-37-18-10-12-20-46(37)55(51(41)50(42)53)35-15-7-4-8-16-35)32-22-28-44-43(29-32)39-24-25-40-36-17-9-11-19-45(36)54(49(40)48(39)52-44)34-13-5-3-6-14-34/h3-30,52H,1H2,2H3. The molecule has 55 heavy (non-hydrogen) atoms. The summed E-state index contributed by atoms with van der Waals surface area (Å²) in [6.07, 6.45) is 0. The van der Waals surface area contributed by atoms with Crippen LogP contribution < -0.4 is 0 Å². The second kappa shape index (κ2) is 11.1. The van der Waals surface area contributed by atoms with Gasteiger partial charge in [0.2, 0.25) is 0 Å². The number of para-hydroxylation sites is 4. The van der Waals surface area contributed by atoms with E-state index in [9.17, 15) is 0 Å². The molecule has 0 radical (unpaired) electrons. The van der Waals surface area contributed by atoms with Crippen LogP contribution in [0.4, 0.5) is 0 Å². The van der Waals surface area contributed by atoms with Gasteiger partial charge in [0.25, 0.3) is 0 Å². The minimum atomic E-state index is 0.986. The summed E-state index contributed by atoms with van der Waals surface area (Å²) in [6.45, 7) is 6.67. The van der Waals surface area contributed by atoms with E-state index in [4.69, 9.17) is 0 Å². The van der Waals surface area contributed by atoms with E-state index in [1.54, 1.807) is 0 Å². The molecule has 1 N–H and O–H groups in total. The van der Waals surface area contributed by atoms with Crippen LogP contribution in [0.3, 0.4) is 0 Å². The third-order valence-electron chi connectivity index (χ3n) is 11.7. The maximum atomic E-state index is 4.55. The van der Waals surface area contributed by atoms with Crippen LogP contribution in [0.2, 0.25) is 0 Å². The number of nitrogens with zero attached hydrogens (tertiary/aromatic N) is 3. The zero-order chi connectivity index (χ0) is 36.4. The lowest BCUT2D eigenvalue weighted by atomic mass is 10.0. The Balaban J connectivity index is 1.10. The van der Waals surface area contributed by atoms with Crippen molar-refractivity contribution in [3.63, 3.8) is 0 Å². The number of nitrogens with one attached hydrogen (secondary N) is 1. The van der Waals surface area contributed by atoms with Crippen LogP contribution in [0.15, 0.2) is 176 Å². The SMILES string of the molecule is C=C(C)n1c2cc(-c3ccc4[nH]c5c(ccc6c7ccccc7n(-c7ccccc7)c65)c4c3)ccc2c2ccc3c4ccccc4n(-c4ccccc4)c3c21. The molecular weight excluding hydrogens is 669 g/mol. The molecule has 4 heteroatoms. The second-order valence-electron chi connectivity index (χ2n) is 14.8. The van der Waals surface area contributed by atoms with Crippen molar-refractivity contribution in [2.45, 2.75) is 6.92 Å². The minimum absolute atomic E-state index is 0.986. The molecule has 0 aliphatic rings. The molecule has 0 fully saturated rings. The van der Waals surface area contributed by atoms with Crippen molar-refractivity contribution in [3.8, 4) is 22.5 Å². The monoisotopic (exact) mass is 702 g/mol. The molecule has 0 amide bonds. The Morgan fingerprint density at radius 1 is 0.418 bits per heavy atom. The molecule has 0 bridgehead atoms. The van der Waals surface area contributed by atoms with Gasteiger partial charge in [-0.1, -0.05) is 122 Å². The topological polar surface area (TPSA) is 30.6 Å². The van der Waals surface area contributed by atoms with Gasteiger partial charge < -0.3 is 18.7 Å². The third-order valence-corrected chi connectivity index (χ3v) is 11.7. The van der Waals surface area contributed by atoms with Crippen LogP contribution in [0, 0.1) is 0 Å². The van der Waals surface area contributed by atoms with Crippen LogP contribution in [0.5, 0.6) is 0 Å².